The Bertz CT molecular complexity index is 118. The van der Waals surface area contributed by atoms with Crippen LogP contribution < -0.4 is 5.73 Å². The first-order valence-electron chi connectivity index (χ1n) is 2.54. The summed E-state index contributed by atoms with van der Waals surface area (Å²) in [5.41, 5.74) is 5.39. The lowest BCUT2D eigenvalue weighted by Gasteiger charge is -2.01. The van der Waals surface area contributed by atoms with Gasteiger partial charge < -0.3 is 11.2 Å². The molecule has 0 aromatic heterocycles. The van der Waals surface area contributed by atoms with E-state index < -0.39 is 5.91 Å². The Hall–Kier alpha value is -0.830. The number of primary amides is 1. The fraction of sp³-hybridized carbons (Fsp3) is 0.500. The zero-order valence-corrected chi connectivity index (χ0v) is 5.77. The lowest BCUT2D eigenvalue weighted by Crippen LogP contribution is -2.16. The van der Waals surface area contributed by atoms with E-state index in [1.807, 2.05) is 13.8 Å². The molecular weight excluding hydrogens is 118 g/mol. The Morgan fingerprint density at radius 3 is 1.89 bits per heavy atom. The molecule has 3 heteroatoms. The van der Waals surface area contributed by atoms with Crippen molar-refractivity contribution in [2.75, 3.05) is 0 Å². The zero-order chi connectivity index (χ0) is 6.73. The van der Waals surface area contributed by atoms with Gasteiger partial charge in [-0.05, 0) is 5.92 Å². The van der Waals surface area contributed by atoms with Crippen molar-refractivity contribution in [1.29, 1.82) is 0 Å². The van der Waals surface area contributed by atoms with Crippen LogP contribution >= 0.6 is 0 Å². The number of rotatable bonds is 2. The van der Waals surface area contributed by atoms with Gasteiger partial charge in [-0.25, -0.2) is 0 Å². The molecule has 54 valence electrons. The Balaban J connectivity index is 0. The van der Waals surface area contributed by atoms with E-state index in [1.54, 1.807) is 0 Å². The third kappa shape index (κ3) is 3.73. The van der Waals surface area contributed by atoms with Crippen LogP contribution in [0.3, 0.4) is 0 Å². The van der Waals surface area contributed by atoms with Crippen LogP contribution in [0, 0.1) is 5.92 Å². The highest BCUT2D eigenvalue weighted by Crippen LogP contribution is 2.03. The Kier molecular flexibility index (Phi) is 5.01. The van der Waals surface area contributed by atoms with E-state index in [1.165, 1.54) is 0 Å². The summed E-state index contributed by atoms with van der Waals surface area (Å²) in [7, 11) is 0. The maximum absolute atomic E-state index is 10.3. The van der Waals surface area contributed by atoms with Crippen LogP contribution in [0.25, 0.3) is 0 Å². The van der Waals surface area contributed by atoms with Crippen molar-refractivity contribution < 1.29 is 10.3 Å². The average molecular weight is 131 g/mol. The minimum atomic E-state index is -0.403. The van der Waals surface area contributed by atoms with Gasteiger partial charge in [0.25, 0.3) is 0 Å². The van der Waals surface area contributed by atoms with Crippen LogP contribution in [0.15, 0.2) is 12.2 Å². The van der Waals surface area contributed by atoms with Gasteiger partial charge in [-0.15, -0.1) is 0 Å². The van der Waals surface area contributed by atoms with Crippen molar-refractivity contribution in [3.05, 3.63) is 12.2 Å². The first-order valence-corrected chi connectivity index (χ1v) is 2.54. The van der Waals surface area contributed by atoms with E-state index in [0.29, 0.717) is 5.57 Å². The predicted octanol–water partition coefficient (Wildman–Crippen LogP) is -0.141. The van der Waals surface area contributed by atoms with E-state index in [-0.39, 0.29) is 11.4 Å². The number of amides is 1. The molecule has 9 heavy (non-hydrogen) atoms. The smallest absolute Gasteiger partial charge is 0.244 e. The number of carbonyl (C=O) groups excluding carboxylic acids is 1. The second kappa shape index (κ2) is 4.09. The van der Waals surface area contributed by atoms with Gasteiger partial charge in [-0.1, -0.05) is 20.4 Å². The SMILES string of the molecule is C=C(C(N)=O)C(C)C.O. The number of hydrogen-bond acceptors (Lipinski definition) is 1. The van der Waals surface area contributed by atoms with E-state index in [0.717, 1.165) is 0 Å². The molecule has 0 aliphatic rings. The van der Waals surface area contributed by atoms with Crippen LogP contribution in [0.5, 0.6) is 0 Å². The summed E-state index contributed by atoms with van der Waals surface area (Å²) < 4.78 is 0. The molecule has 3 nitrogen and oxygen atoms in total. The van der Waals surface area contributed by atoms with E-state index in [9.17, 15) is 4.79 Å². The molecule has 0 unspecified atom stereocenters. The zero-order valence-electron chi connectivity index (χ0n) is 5.77. The van der Waals surface area contributed by atoms with Gasteiger partial charge in [0.2, 0.25) is 5.91 Å². The van der Waals surface area contributed by atoms with Gasteiger partial charge in [0.05, 0.1) is 0 Å². The van der Waals surface area contributed by atoms with Crippen molar-refractivity contribution in [3.8, 4) is 0 Å². The number of nitrogens with two attached hydrogens (primary N) is 1. The van der Waals surface area contributed by atoms with Gasteiger partial charge in [0.1, 0.15) is 0 Å². The molecule has 0 radical (unpaired) electrons. The van der Waals surface area contributed by atoms with Crippen molar-refractivity contribution >= 4 is 5.91 Å². The molecule has 0 aliphatic carbocycles. The lowest BCUT2D eigenvalue weighted by atomic mass is 10.1. The number of carbonyl (C=O) groups is 1. The van der Waals surface area contributed by atoms with Gasteiger partial charge in [0.15, 0.2) is 0 Å². The molecule has 0 aromatic carbocycles. The summed E-state index contributed by atoms with van der Waals surface area (Å²) in [4.78, 5) is 10.3. The second-order valence-electron chi connectivity index (χ2n) is 2.04. The normalized spacial score (nSPS) is 8.33. The number of hydrogen-bond donors (Lipinski definition) is 1. The van der Waals surface area contributed by atoms with Gasteiger partial charge in [0, 0.05) is 5.57 Å². The van der Waals surface area contributed by atoms with Crippen LogP contribution in [-0.4, -0.2) is 11.4 Å². The Morgan fingerprint density at radius 2 is 1.89 bits per heavy atom. The molecule has 0 bridgehead atoms. The molecule has 0 saturated carbocycles. The highest BCUT2D eigenvalue weighted by atomic mass is 16.1. The summed E-state index contributed by atoms with van der Waals surface area (Å²) in [6.45, 7) is 7.24. The lowest BCUT2D eigenvalue weighted by molar-refractivity contribution is -0.114. The predicted molar refractivity (Wildman–Crippen MR) is 36.8 cm³/mol. The summed E-state index contributed by atoms with van der Waals surface area (Å²) in [6, 6.07) is 0. The van der Waals surface area contributed by atoms with Gasteiger partial charge >= 0.3 is 0 Å². The monoisotopic (exact) mass is 131 g/mol. The van der Waals surface area contributed by atoms with Crippen LogP contribution in [0.2, 0.25) is 0 Å². The molecule has 1 amide bonds. The first-order chi connectivity index (χ1) is 3.55. The largest absolute Gasteiger partial charge is 0.412 e. The van der Waals surface area contributed by atoms with Crippen molar-refractivity contribution in [2.24, 2.45) is 11.7 Å². The van der Waals surface area contributed by atoms with Crippen LogP contribution in [-0.2, 0) is 4.79 Å². The summed E-state index contributed by atoms with van der Waals surface area (Å²) in [5.74, 6) is -0.229. The molecule has 0 atom stereocenters. The average Bonchev–Trinajstić information content (AvgIpc) is 1.64. The van der Waals surface area contributed by atoms with E-state index in [4.69, 9.17) is 5.73 Å². The molecule has 0 heterocycles. The molecule has 0 spiro atoms. The Morgan fingerprint density at radius 1 is 1.56 bits per heavy atom. The van der Waals surface area contributed by atoms with Crippen molar-refractivity contribution in [3.63, 3.8) is 0 Å². The van der Waals surface area contributed by atoms with Crippen LogP contribution in [0.4, 0.5) is 0 Å². The molecule has 0 aromatic rings. The molecule has 0 rings (SSSR count). The molecule has 0 saturated heterocycles. The quantitative estimate of drug-likeness (QED) is 0.520. The van der Waals surface area contributed by atoms with Gasteiger partial charge in [-0.3, -0.25) is 4.79 Å². The molecule has 4 N–H and O–H groups in total. The topological polar surface area (TPSA) is 74.6 Å². The van der Waals surface area contributed by atoms with E-state index >= 15 is 0 Å². The standard InChI is InChI=1S/C6H11NO.H2O/c1-4(2)5(3)6(7)8;/h4H,3H2,1-2H3,(H2,7,8);1H2. The highest BCUT2D eigenvalue weighted by molar-refractivity contribution is 5.91. The Labute approximate surface area is 54.9 Å². The highest BCUT2D eigenvalue weighted by Gasteiger charge is 2.03. The third-order valence-corrected chi connectivity index (χ3v) is 1.01. The maximum atomic E-state index is 10.3. The fourth-order valence-corrected chi connectivity index (χ4v) is 0.285. The fourth-order valence-electron chi connectivity index (χ4n) is 0.285. The van der Waals surface area contributed by atoms with Crippen molar-refractivity contribution in [1.82, 2.24) is 0 Å². The maximum Gasteiger partial charge on any atom is 0.244 e. The third-order valence-electron chi connectivity index (χ3n) is 1.01. The summed E-state index contributed by atoms with van der Waals surface area (Å²) >= 11 is 0. The second-order valence-corrected chi connectivity index (χ2v) is 2.04. The molecular formula is C6H13NO2. The minimum absolute atomic E-state index is 0. The minimum Gasteiger partial charge on any atom is -0.412 e. The summed E-state index contributed by atoms with van der Waals surface area (Å²) in [6.07, 6.45) is 0. The summed E-state index contributed by atoms with van der Waals surface area (Å²) in [5, 5.41) is 0. The first kappa shape index (κ1) is 11.0. The van der Waals surface area contributed by atoms with Crippen LogP contribution in [0.1, 0.15) is 13.8 Å². The molecule has 0 aliphatic heterocycles. The van der Waals surface area contributed by atoms with E-state index in [2.05, 4.69) is 6.58 Å². The van der Waals surface area contributed by atoms with Crippen molar-refractivity contribution in [2.45, 2.75) is 13.8 Å². The molecule has 0 fully saturated rings. The van der Waals surface area contributed by atoms with Gasteiger partial charge in [-0.2, -0.15) is 0 Å².